The van der Waals surface area contributed by atoms with Crippen LogP contribution < -0.4 is 5.32 Å². The number of anilines is 1. The quantitative estimate of drug-likeness (QED) is 0.860. The molecule has 0 atom stereocenters. The normalized spacial score (nSPS) is 10.0. The van der Waals surface area contributed by atoms with Gasteiger partial charge in [0.15, 0.2) is 6.61 Å². The smallest absolute Gasteiger partial charge is 0.338 e. The minimum absolute atomic E-state index is 0.316. The van der Waals surface area contributed by atoms with E-state index in [-0.39, 0.29) is 12.5 Å². The summed E-state index contributed by atoms with van der Waals surface area (Å²) in [5, 5.41) is 2.70. The Morgan fingerprint density at radius 1 is 1.10 bits per heavy atom. The van der Waals surface area contributed by atoms with Gasteiger partial charge in [0.2, 0.25) is 0 Å². The first-order valence-electron chi connectivity index (χ1n) is 6.34. The lowest BCUT2D eigenvalue weighted by molar-refractivity contribution is -0.119. The van der Waals surface area contributed by atoms with Crippen LogP contribution in [0.3, 0.4) is 0 Å². The number of carbonyl (C=O) groups excluding carboxylic acids is 2. The SMILES string of the molecule is Cc1ccccc1NC(=O)COC(=O)c1ccc(Br)cc1. The molecule has 0 saturated heterocycles. The molecule has 0 radical (unpaired) electrons. The Labute approximate surface area is 131 Å². The molecule has 2 aromatic rings. The number of nitrogens with one attached hydrogen (secondary N) is 1. The summed E-state index contributed by atoms with van der Waals surface area (Å²) < 4.78 is 5.85. The maximum absolute atomic E-state index is 11.8. The lowest BCUT2D eigenvalue weighted by atomic mass is 10.2. The summed E-state index contributed by atoms with van der Waals surface area (Å²) in [5.41, 5.74) is 2.06. The maximum atomic E-state index is 11.8. The Kier molecular flexibility index (Phi) is 5.11. The van der Waals surface area contributed by atoms with Crippen molar-refractivity contribution in [3.8, 4) is 0 Å². The first-order chi connectivity index (χ1) is 10.1. The second-order valence-electron chi connectivity index (χ2n) is 4.45. The number of esters is 1. The molecule has 0 aromatic heterocycles. The Bertz CT molecular complexity index is 653. The number of hydrogen-bond donors (Lipinski definition) is 1. The van der Waals surface area contributed by atoms with Crippen molar-refractivity contribution in [3.05, 3.63) is 64.1 Å². The van der Waals surface area contributed by atoms with Crippen molar-refractivity contribution >= 4 is 33.5 Å². The van der Waals surface area contributed by atoms with Gasteiger partial charge in [-0.1, -0.05) is 34.1 Å². The first kappa shape index (κ1) is 15.3. The molecule has 2 rings (SSSR count). The summed E-state index contributed by atoms with van der Waals surface area (Å²) in [5.74, 6) is -0.891. The number of ether oxygens (including phenoxy) is 1. The molecule has 2 aromatic carbocycles. The summed E-state index contributed by atoms with van der Waals surface area (Å²) >= 11 is 3.28. The molecular weight excluding hydrogens is 334 g/mol. The molecule has 0 aliphatic carbocycles. The highest BCUT2D eigenvalue weighted by molar-refractivity contribution is 9.10. The Hall–Kier alpha value is -2.14. The van der Waals surface area contributed by atoms with E-state index < -0.39 is 5.97 Å². The van der Waals surface area contributed by atoms with E-state index in [4.69, 9.17) is 4.74 Å². The number of hydrogen-bond acceptors (Lipinski definition) is 3. The maximum Gasteiger partial charge on any atom is 0.338 e. The van der Waals surface area contributed by atoms with Crippen LogP contribution in [0, 0.1) is 6.92 Å². The topological polar surface area (TPSA) is 55.4 Å². The van der Waals surface area contributed by atoms with Gasteiger partial charge in [0, 0.05) is 10.2 Å². The van der Waals surface area contributed by atoms with Gasteiger partial charge < -0.3 is 10.1 Å². The molecular formula is C16H14BrNO3. The minimum Gasteiger partial charge on any atom is -0.452 e. The van der Waals surface area contributed by atoms with E-state index >= 15 is 0 Å². The van der Waals surface area contributed by atoms with Gasteiger partial charge in [-0.15, -0.1) is 0 Å². The van der Waals surface area contributed by atoms with Gasteiger partial charge >= 0.3 is 5.97 Å². The van der Waals surface area contributed by atoms with Crippen molar-refractivity contribution in [2.24, 2.45) is 0 Å². The third-order valence-electron chi connectivity index (χ3n) is 2.83. The minimum atomic E-state index is -0.526. The number of benzene rings is 2. The van der Waals surface area contributed by atoms with Crippen molar-refractivity contribution in [2.45, 2.75) is 6.92 Å². The summed E-state index contributed by atoms with van der Waals surface area (Å²) in [4.78, 5) is 23.5. The van der Waals surface area contributed by atoms with Gasteiger partial charge in [-0.2, -0.15) is 0 Å². The van der Waals surface area contributed by atoms with E-state index in [1.807, 2.05) is 25.1 Å². The second-order valence-corrected chi connectivity index (χ2v) is 5.36. The van der Waals surface area contributed by atoms with Gasteiger partial charge in [-0.05, 0) is 42.8 Å². The molecule has 1 N–H and O–H groups in total. The van der Waals surface area contributed by atoms with Crippen molar-refractivity contribution in [3.63, 3.8) is 0 Å². The molecule has 0 aliphatic heterocycles. The lowest BCUT2D eigenvalue weighted by Crippen LogP contribution is -2.21. The highest BCUT2D eigenvalue weighted by atomic mass is 79.9. The zero-order chi connectivity index (χ0) is 15.2. The standard InChI is InChI=1S/C16H14BrNO3/c1-11-4-2-3-5-14(11)18-15(19)10-21-16(20)12-6-8-13(17)9-7-12/h2-9H,10H2,1H3,(H,18,19). The van der Waals surface area contributed by atoms with E-state index in [1.165, 1.54) is 0 Å². The summed E-state index contributed by atoms with van der Waals surface area (Å²) in [6, 6.07) is 14.1. The van der Waals surface area contributed by atoms with Gasteiger partial charge in [0.1, 0.15) is 0 Å². The number of amides is 1. The number of halogens is 1. The second kappa shape index (κ2) is 7.04. The lowest BCUT2D eigenvalue weighted by Gasteiger charge is -2.08. The summed E-state index contributed by atoms with van der Waals surface area (Å²) in [6.45, 7) is 1.58. The predicted octanol–water partition coefficient (Wildman–Crippen LogP) is 3.55. The van der Waals surface area contributed by atoms with Crippen molar-refractivity contribution < 1.29 is 14.3 Å². The zero-order valence-electron chi connectivity index (χ0n) is 11.4. The molecule has 1 amide bonds. The van der Waals surface area contributed by atoms with Crippen LogP contribution in [0.1, 0.15) is 15.9 Å². The highest BCUT2D eigenvalue weighted by Crippen LogP contribution is 2.13. The van der Waals surface area contributed by atoms with Crippen LogP contribution in [0.4, 0.5) is 5.69 Å². The average Bonchev–Trinajstić information content (AvgIpc) is 2.48. The molecule has 4 nitrogen and oxygen atoms in total. The van der Waals surface area contributed by atoms with Crippen LogP contribution in [0.15, 0.2) is 53.0 Å². The molecule has 0 aliphatic rings. The van der Waals surface area contributed by atoms with Crippen LogP contribution in [0.2, 0.25) is 0 Å². The fraction of sp³-hybridized carbons (Fsp3) is 0.125. The molecule has 21 heavy (non-hydrogen) atoms. The molecule has 0 bridgehead atoms. The Morgan fingerprint density at radius 2 is 1.76 bits per heavy atom. The van der Waals surface area contributed by atoms with E-state index in [0.29, 0.717) is 11.3 Å². The van der Waals surface area contributed by atoms with E-state index in [9.17, 15) is 9.59 Å². The zero-order valence-corrected chi connectivity index (χ0v) is 13.0. The molecule has 0 heterocycles. The van der Waals surface area contributed by atoms with Gasteiger partial charge in [0.05, 0.1) is 5.56 Å². The van der Waals surface area contributed by atoms with Crippen molar-refractivity contribution in [1.29, 1.82) is 0 Å². The highest BCUT2D eigenvalue weighted by Gasteiger charge is 2.10. The largest absolute Gasteiger partial charge is 0.452 e. The number of aryl methyl sites for hydroxylation is 1. The molecule has 0 unspecified atom stereocenters. The van der Waals surface area contributed by atoms with Crippen LogP contribution in [-0.4, -0.2) is 18.5 Å². The van der Waals surface area contributed by atoms with Gasteiger partial charge in [-0.25, -0.2) is 4.79 Å². The van der Waals surface area contributed by atoms with Crippen molar-refractivity contribution in [1.82, 2.24) is 0 Å². The van der Waals surface area contributed by atoms with E-state index in [2.05, 4.69) is 21.2 Å². The van der Waals surface area contributed by atoms with Crippen molar-refractivity contribution in [2.75, 3.05) is 11.9 Å². The molecule has 0 spiro atoms. The van der Waals surface area contributed by atoms with Crippen LogP contribution in [0.5, 0.6) is 0 Å². The molecule has 5 heteroatoms. The van der Waals surface area contributed by atoms with Crippen LogP contribution in [0.25, 0.3) is 0 Å². The van der Waals surface area contributed by atoms with Gasteiger partial charge in [0.25, 0.3) is 5.91 Å². The fourth-order valence-electron chi connectivity index (χ4n) is 1.70. The Balaban J connectivity index is 1.88. The number of rotatable bonds is 4. The molecule has 0 saturated carbocycles. The monoisotopic (exact) mass is 347 g/mol. The average molecular weight is 348 g/mol. The third-order valence-corrected chi connectivity index (χ3v) is 3.36. The number of para-hydroxylation sites is 1. The number of carbonyl (C=O) groups is 2. The van der Waals surface area contributed by atoms with E-state index in [1.54, 1.807) is 30.3 Å². The molecule has 0 fully saturated rings. The summed E-state index contributed by atoms with van der Waals surface area (Å²) in [7, 11) is 0. The van der Waals surface area contributed by atoms with Crippen LogP contribution in [-0.2, 0) is 9.53 Å². The predicted molar refractivity (Wildman–Crippen MR) is 84.2 cm³/mol. The third kappa shape index (κ3) is 4.43. The summed E-state index contributed by atoms with van der Waals surface area (Å²) in [6.07, 6.45) is 0. The van der Waals surface area contributed by atoms with Gasteiger partial charge in [-0.3, -0.25) is 4.79 Å². The fourth-order valence-corrected chi connectivity index (χ4v) is 1.96. The molecule has 108 valence electrons. The first-order valence-corrected chi connectivity index (χ1v) is 7.14. The van der Waals surface area contributed by atoms with Crippen LogP contribution >= 0.6 is 15.9 Å². The Morgan fingerprint density at radius 3 is 2.43 bits per heavy atom. The van der Waals surface area contributed by atoms with E-state index in [0.717, 1.165) is 10.0 Å².